The number of thioether (sulfide) groups is 6. The van der Waals surface area contributed by atoms with Gasteiger partial charge in [-0.1, -0.05) is 182 Å². The molecule has 11 N–H and O–H groups in total. The first-order valence-corrected chi connectivity index (χ1v) is 49.3. The molecule has 0 radical (unpaired) electrons. The highest BCUT2D eigenvalue weighted by molar-refractivity contribution is 8.25. The van der Waals surface area contributed by atoms with Gasteiger partial charge in [0.05, 0.1) is 91.3 Å². The Morgan fingerprint density at radius 2 is 0.633 bits per heavy atom. The normalized spacial score (nSPS) is 16.5. The van der Waals surface area contributed by atoms with Crippen LogP contribution in [0.2, 0.25) is 0 Å². The largest absolute Gasteiger partial charge is 0.495 e. The van der Waals surface area contributed by atoms with Crippen LogP contribution in [0.15, 0.2) is 96.6 Å². The van der Waals surface area contributed by atoms with Crippen molar-refractivity contribution in [1.29, 1.82) is 0 Å². The minimum atomic E-state index is -0.465. The lowest BCUT2D eigenvalue weighted by Gasteiger charge is -2.31. The second-order valence-electron chi connectivity index (χ2n) is 28.8. The SMILES string of the molecule is C.COc1c(C(=O)N2CCSC2=S)cccc1C(=O)N1CCSC1=S.COc1c(C(=O)NCCN(CCNC(=O)c2cccc(C(=O)N3CCSC3=S)c2OC)CCN2CCN/C(c3cccc(C(=O)N4CCSC4=S)c3OC)=C(/C(=O)c3cccc(C(=O)N4CCSC4=S)c3OC)CC2)cccc1C(=O)N1CCSC1=S.NCCN(CCN)CCN(CCN)CCN. The van der Waals surface area contributed by atoms with Gasteiger partial charge in [-0.2, -0.15) is 0 Å². The number of hydrogen-bond acceptors (Lipinski definition) is 35. The Kier molecular flexibility index (Phi) is 42.3. The van der Waals surface area contributed by atoms with E-state index in [1.807, 2.05) is 0 Å². The third-order valence-electron chi connectivity index (χ3n) is 21.2. The van der Waals surface area contributed by atoms with Crippen molar-refractivity contribution >= 4 is 229 Å². The molecule has 0 aromatic heterocycles. The number of rotatable bonds is 36. The number of nitrogens with zero attached hydrogens (tertiary/aromatic N) is 10. The molecule has 7 heterocycles. The number of ether oxygens (including phenoxy) is 5. The molecular weight excluding hydrogens is 1870 g/mol. The van der Waals surface area contributed by atoms with Crippen molar-refractivity contribution in [3.8, 4) is 28.7 Å². The van der Waals surface area contributed by atoms with E-state index in [0.29, 0.717) is 188 Å². The zero-order chi connectivity index (χ0) is 91.4. The van der Waals surface area contributed by atoms with E-state index in [1.54, 1.807) is 106 Å². The second-order valence-corrected chi connectivity index (χ2v) is 39.1. The van der Waals surface area contributed by atoms with Crippen LogP contribution < -0.4 is 62.6 Å². The summed E-state index contributed by atoms with van der Waals surface area (Å²) in [5.41, 5.74) is 25.5. The third-order valence-corrected chi connectivity index (χ3v) is 29.7. The fourth-order valence-corrected chi connectivity index (χ4v) is 22.1. The van der Waals surface area contributed by atoms with Crippen molar-refractivity contribution in [1.82, 2.24) is 64.9 Å². The van der Waals surface area contributed by atoms with Crippen LogP contribution in [0.4, 0.5) is 0 Å². The zero-order valence-electron chi connectivity index (χ0n) is 71.2. The topological polar surface area (TPSA) is 372 Å². The van der Waals surface area contributed by atoms with Crippen LogP contribution in [0.3, 0.4) is 0 Å². The van der Waals surface area contributed by atoms with E-state index in [2.05, 4.69) is 35.6 Å². The summed E-state index contributed by atoms with van der Waals surface area (Å²) in [5.74, 6) is 1.85. The van der Waals surface area contributed by atoms with E-state index in [9.17, 15) is 38.4 Å². The number of nitrogens with two attached hydrogens (primary N) is 4. The average Bonchev–Trinajstić information content (AvgIpc) is 0.944. The summed E-state index contributed by atoms with van der Waals surface area (Å²) in [6, 6.07) is 24.7. The van der Waals surface area contributed by atoms with Gasteiger partial charge in [0.2, 0.25) is 0 Å². The van der Waals surface area contributed by atoms with Gasteiger partial charge >= 0.3 is 0 Å². The number of para-hydroxylation sites is 5. The molecule has 8 amide bonds. The van der Waals surface area contributed by atoms with Gasteiger partial charge in [0, 0.05) is 209 Å². The predicted molar refractivity (Wildman–Crippen MR) is 539 cm³/mol. The highest BCUT2D eigenvalue weighted by Crippen LogP contribution is 2.39. The van der Waals surface area contributed by atoms with Gasteiger partial charge in [0.25, 0.3) is 47.3 Å². The predicted octanol–water partition coefficient (Wildman–Crippen LogP) is 7.37. The number of methoxy groups -OCH3 is 5. The van der Waals surface area contributed by atoms with E-state index < -0.39 is 17.6 Å². The van der Waals surface area contributed by atoms with Gasteiger partial charge in [-0.3, -0.25) is 92.1 Å². The lowest BCUT2D eigenvalue weighted by molar-refractivity contribution is 0.0841. The molecule has 6 fully saturated rings. The Balaban J connectivity index is 0.000000367. The summed E-state index contributed by atoms with van der Waals surface area (Å²) in [5, 5.41) is 9.56. The smallest absolute Gasteiger partial charge is 0.263 e. The highest BCUT2D eigenvalue weighted by Gasteiger charge is 2.38. The molecule has 31 nitrogen and oxygen atoms in total. The number of amides is 8. The van der Waals surface area contributed by atoms with Crippen molar-refractivity contribution in [3.63, 3.8) is 0 Å². The van der Waals surface area contributed by atoms with Crippen LogP contribution in [-0.2, 0) is 0 Å². The maximum absolute atomic E-state index is 15.5. The van der Waals surface area contributed by atoms with Crippen molar-refractivity contribution < 1.29 is 66.8 Å². The van der Waals surface area contributed by atoms with Gasteiger partial charge in [0.1, 0.15) is 54.7 Å². The molecule has 12 rings (SSSR count). The molecule has 0 saturated carbocycles. The zero-order valence-corrected chi connectivity index (χ0v) is 81.0. The number of Topliss-reactive ketones (excluding diaryl/α,β-unsaturated/α-hetero) is 1. The summed E-state index contributed by atoms with van der Waals surface area (Å²) < 4.78 is 31.7. The average molecular weight is 1980 g/mol. The number of thiocarbonyl (C=S) groups is 6. The summed E-state index contributed by atoms with van der Waals surface area (Å²) in [6.45, 7) is 14.2. The van der Waals surface area contributed by atoms with Gasteiger partial charge in [-0.05, 0) is 67.1 Å². The van der Waals surface area contributed by atoms with Crippen molar-refractivity contribution in [2.75, 3.05) is 234 Å². The van der Waals surface area contributed by atoms with Gasteiger partial charge in [-0.15, -0.1) is 0 Å². The number of carbonyl (C=O) groups is 9. The molecule has 6 saturated heterocycles. The van der Waals surface area contributed by atoms with E-state index >= 15 is 4.79 Å². The number of nitrogens with one attached hydrogen (secondary N) is 3. The molecule has 5 aromatic rings. The number of hydrogen-bond donors (Lipinski definition) is 7. The van der Waals surface area contributed by atoms with Crippen molar-refractivity contribution in [3.05, 3.63) is 152 Å². The molecule has 128 heavy (non-hydrogen) atoms. The summed E-state index contributed by atoms with van der Waals surface area (Å²) in [6.07, 6.45) is 0.188. The standard InChI is InChI=1S/C59H63N9O11S8.C15H14N2O3S4.C10H28N6.CH4/c1-76-46-36(9-5-13-40(46)52(72)65-27-31-84-56(65)80)44-35(45(69)37-10-6-14-41(47(37)77-2)53(73)66-28-32-85-57(66)81)17-21-63(22-18-60-44)25-26-64(23-19-61-50(70)38-11-7-15-42(48(38)78-3)54(74)67-29-33-86-58(67)82)24-20-62-51(71)39-12-8-16-43(49(39)79-4)55(75)68-30-34-87-59(68)83;1-20-11-9(12(18)16-5-7-23-14(16)21)3-2-4-10(11)13(19)17-6-8-24-15(17)22;11-1-5-15(6-2-12)9-10-16(7-3-13)8-4-14;/h5-16,60H,17-34H2,1-4H3,(H,61,70)(H,62,71);2-4H,5-8H2,1H3;1-14H2;1H4/b44-35+;;;. The first-order valence-electron chi connectivity index (χ1n) is 41.0. The van der Waals surface area contributed by atoms with Crippen LogP contribution in [0.1, 0.15) is 113 Å². The summed E-state index contributed by atoms with van der Waals surface area (Å²) in [7, 11) is 7.16. The number of benzene rings is 5. The maximum atomic E-state index is 15.5. The molecule has 0 atom stereocenters. The highest BCUT2D eigenvalue weighted by atomic mass is 32.2. The van der Waals surface area contributed by atoms with Crippen LogP contribution in [0.5, 0.6) is 28.7 Å². The summed E-state index contributed by atoms with van der Waals surface area (Å²) in [4.78, 5) is 143. The minimum Gasteiger partial charge on any atom is -0.495 e. The van der Waals surface area contributed by atoms with E-state index in [4.69, 9.17) is 120 Å². The Morgan fingerprint density at radius 3 is 0.930 bits per heavy atom. The Labute approximate surface area is 805 Å². The van der Waals surface area contributed by atoms with E-state index in [0.717, 1.165) is 50.8 Å². The lowest BCUT2D eigenvalue weighted by Crippen LogP contribution is -2.45. The number of ketones is 1. The van der Waals surface area contributed by atoms with Crippen LogP contribution >= 0.6 is 144 Å². The van der Waals surface area contributed by atoms with Gasteiger partial charge in [-0.25, -0.2) is 0 Å². The molecule has 7 aliphatic heterocycles. The molecule has 5 aromatic carbocycles. The van der Waals surface area contributed by atoms with Gasteiger partial charge in [0.15, 0.2) is 5.78 Å². The first kappa shape index (κ1) is 104. The molecule has 43 heteroatoms. The Bertz CT molecular complexity index is 4790. The molecule has 0 unspecified atom stereocenters. The second kappa shape index (κ2) is 52.0. The quantitative estimate of drug-likeness (QED) is 0.0152. The third kappa shape index (κ3) is 26.2. The lowest BCUT2D eigenvalue weighted by atomic mass is 9.92. The van der Waals surface area contributed by atoms with Crippen LogP contribution in [0.25, 0.3) is 5.70 Å². The first-order chi connectivity index (χ1) is 61.4. The van der Waals surface area contributed by atoms with E-state index in [-0.39, 0.29) is 130 Å². The van der Waals surface area contributed by atoms with Crippen LogP contribution in [0, 0.1) is 0 Å². The van der Waals surface area contributed by atoms with Crippen molar-refractivity contribution in [2.45, 2.75) is 13.8 Å². The molecule has 0 aliphatic carbocycles. The van der Waals surface area contributed by atoms with Crippen LogP contribution in [-0.4, -0.2) is 362 Å². The molecule has 0 bridgehead atoms. The maximum Gasteiger partial charge on any atom is 0.263 e. The Hall–Kier alpha value is -7.61. The molecule has 7 aliphatic rings. The van der Waals surface area contributed by atoms with E-state index in [1.165, 1.54) is 121 Å². The molecule has 690 valence electrons. The molecular formula is C85H109N17O14S12. The molecule has 0 spiro atoms. The Morgan fingerprint density at radius 1 is 0.359 bits per heavy atom. The summed E-state index contributed by atoms with van der Waals surface area (Å²) >= 11 is 40.9. The fourth-order valence-electron chi connectivity index (χ4n) is 14.8. The number of carbonyl (C=O) groups excluding carboxylic acids is 9. The monoisotopic (exact) mass is 1980 g/mol. The van der Waals surface area contributed by atoms with Gasteiger partial charge < -0.3 is 62.6 Å². The fraction of sp³-hybridized carbons (Fsp3) is 0.447. The van der Waals surface area contributed by atoms with Crippen molar-refractivity contribution in [2.24, 2.45) is 22.9 Å². The minimum absolute atomic E-state index is 0.